The summed E-state index contributed by atoms with van der Waals surface area (Å²) in [5.74, 6) is 0.680. The maximum atomic E-state index is 13.1. The van der Waals surface area contributed by atoms with Gasteiger partial charge in [0.2, 0.25) is 17.6 Å². The third-order valence-corrected chi connectivity index (χ3v) is 4.95. The lowest BCUT2D eigenvalue weighted by Gasteiger charge is -2.22. The van der Waals surface area contributed by atoms with Crippen LogP contribution in [0.2, 0.25) is 0 Å². The van der Waals surface area contributed by atoms with Crippen LogP contribution in [0, 0.1) is 6.92 Å². The van der Waals surface area contributed by atoms with Crippen molar-refractivity contribution in [3.63, 3.8) is 0 Å². The molecular weight excluding hydrogens is 368 g/mol. The molecule has 0 saturated carbocycles. The normalized spacial score (nSPS) is 16.1. The first-order valence-corrected chi connectivity index (χ1v) is 9.60. The van der Waals surface area contributed by atoms with Crippen molar-refractivity contribution in [1.82, 2.24) is 15.0 Å². The lowest BCUT2D eigenvalue weighted by atomic mass is 10.1. The number of hydrogen-bond acceptors (Lipinski definition) is 5. The summed E-state index contributed by atoms with van der Waals surface area (Å²) in [5.41, 5.74) is 3.12. The van der Waals surface area contributed by atoms with Gasteiger partial charge in [0.1, 0.15) is 6.04 Å². The molecule has 1 aromatic heterocycles. The number of hydrogen-bond donors (Lipinski definition) is 1. The van der Waals surface area contributed by atoms with E-state index in [0.717, 1.165) is 24.0 Å². The average Bonchev–Trinajstić information content (AvgIpc) is 3.36. The van der Waals surface area contributed by atoms with E-state index in [1.165, 1.54) is 6.92 Å². The molecule has 1 atom stereocenters. The highest BCUT2D eigenvalue weighted by Gasteiger charge is 2.34. The van der Waals surface area contributed by atoms with E-state index in [1.807, 2.05) is 31.2 Å². The van der Waals surface area contributed by atoms with Gasteiger partial charge < -0.3 is 14.7 Å². The van der Waals surface area contributed by atoms with E-state index < -0.39 is 0 Å². The smallest absolute Gasteiger partial charge is 0.254 e. The Kier molecular flexibility index (Phi) is 5.12. The van der Waals surface area contributed by atoms with Crippen LogP contribution in [0.25, 0.3) is 11.4 Å². The summed E-state index contributed by atoms with van der Waals surface area (Å²) in [4.78, 5) is 30.7. The minimum Gasteiger partial charge on any atom is -0.337 e. The van der Waals surface area contributed by atoms with E-state index >= 15 is 0 Å². The predicted octanol–water partition coefficient (Wildman–Crippen LogP) is 3.98. The Labute approximate surface area is 168 Å². The number of nitrogens with one attached hydrogen (secondary N) is 1. The van der Waals surface area contributed by atoms with E-state index in [-0.39, 0.29) is 17.9 Å². The maximum Gasteiger partial charge on any atom is 0.254 e. The van der Waals surface area contributed by atoms with Crippen molar-refractivity contribution in [1.29, 1.82) is 0 Å². The van der Waals surface area contributed by atoms with Gasteiger partial charge in [-0.05, 0) is 44.0 Å². The van der Waals surface area contributed by atoms with Gasteiger partial charge in [0.05, 0.1) is 0 Å². The van der Waals surface area contributed by atoms with Crippen LogP contribution in [0.3, 0.4) is 0 Å². The number of rotatable bonds is 4. The molecule has 0 bridgehead atoms. The highest BCUT2D eigenvalue weighted by atomic mass is 16.5. The number of likely N-dealkylation sites (tertiary alicyclic amines) is 1. The largest absolute Gasteiger partial charge is 0.337 e. The highest BCUT2D eigenvalue weighted by molar-refractivity contribution is 5.97. The van der Waals surface area contributed by atoms with E-state index in [9.17, 15) is 9.59 Å². The molecule has 1 fully saturated rings. The zero-order chi connectivity index (χ0) is 20.4. The Hall–Kier alpha value is -3.48. The predicted molar refractivity (Wildman–Crippen MR) is 108 cm³/mol. The van der Waals surface area contributed by atoms with Crippen LogP contribution in [-0.4, -0.2) is 33.4 Å². The van der Waals surface area contributed by atoms with Crippen LogP contribution in [-0.2, 0) is 4.79 Å². The van der Waals surface area contributed by atoms with E-state index in [2.05, 4.69) is 15.5 Å². The first kappa shape index (κ1) is 18.9. The summed E-state index contributed by atoms with van der Waals surface area (Å²) >= 11 is 0. The number of amides is 2. The molecule has 2 heterocycles. The van der Waals surface area contributed by atoms with Crippen molar-refractivity contribution in [3.05, 3.63) is 65.5 Å². The summed E-state index contributed by atoms with van der Waals surface area (Å²) in [5, 5.41) is 6.82. The lowest BCUT2D eigenvalue weighted by Crippen LogP contribution is -2.30. The van der Waals surface area contributed by atoms with E-state index in [1.54, 1.807) is 29.2 Å². The fraction of sp³-hybridized carbons (Fsp3) is 0.273. The zero-order valence-electron chi connectivity index (χ0n) is 16.4. The van der Waals surface area contributed by atoms with Gasteiger partial charge in [-0.3, -0.25) is 9.59 Å². The summed E-state index contributed by atoms with van der Waals surface area (Å²) in [6.07, 6.45) is 1.64. The SMILES string of the molecule is CC(=O)Nc1cccc(C(=O)N2CCC[C@H]2c2nc(-c3cccc(C)c3)no2)c1. The fourth-order valence-electron chi connectivity index (χ4n) is 3.64. The van der Waals surface area contributed by atoms with Crippen molar-refractivity contribution in [2.24, 2.45) is 0 Å². The number of benzene rings is 2. The van der Waals surface area contributed by atoms with Gasteiger partial charge in [-0.25, -0.2) is 0 Å². The lowest BCUT2D eigenvalue weighted by molar-refractivity contribution is -0.114. The Bertz CT molecular complexity index is 1060. The number of aromatic nitrogens is 2. The summed E-state index contributed by atoms with van der Waals surface area (Å²) in [6, 6.07) is 14.6. The molecule has 3 aromatic rings. The van der Waals surface area contributed by atoms with Gasteiger partial charge in [-0.15, -0.1) is 0 Å². The molecule has 0 aliphatic carbocycles. The van der Waals surface area contributed by atoms with Crippen molar-refractivity contribution >= 4 is 17.5 Å². The summed E-state index contributed by atoms with van der Waals surface area (Å²) in [6.45, 7) is 4.07. The highest BCUT2D eigenvalue weighted by Crippen LogP contribution is 2.33. The molecule has 7 nitrogen and oxygen atoms in total. The molecule has 0 unspecified atom stereocenters. The van der Waals surface area contributed by atoms with Gasteiger partial charge in [0, 0.05) is 30.3 Å². The summed E-state index contributed by atoms with van der Waals surface area (Å²) in [7, 11) is 0. The Balaban J connectivity index is 1.57. The van der Waals surface area contributed by atoms with Gasteiger partial charge >= 0.3 is 0 Å². The quantitative estimate of drug-likeness (QED) is 0.728. The van der Waals surface area contributed by atoms with Crippen molar-refractivity contribution in [2.45, 2.75) is 32.7 Å². The molecule has 29 heavy (non-hydrogen) atoms. The number of anilines is 1. The maximum absolute atomic E-state index is 13.1. The second-order valence-corrected chi connectivity index (χ2v) is 7.24. The van der Waals surface area contributed by atoms with Crippen LogP contribution < -0.4 is 5.32 Å². The standard InChI is InChI=1S/C22H22N4O3/c1-14-6-3-7-16(12-14)20-24-21(29-25-20)19-10-5-11-26(19)22(28)17-8-4-9-18(13-17)23-15(2)27/h3-4,6-9,12-13,19H,5,10-11H2,1-2H3,(H,23,27)/t19-/m0/s1. The third-order valence-electron chi connectivity index (χ3n) is 4.95. The number of carbonyl (C=O) groups excluding carboxylic acids is 2. The van der Waals surface area contributed by atoms with Crippen molar-refractivity contribution < 1.29 is 14.1 Å². The summed E-state index contributed by atoms with van der Waals surface area (Å²) < 4.78 is 5.52. The Morgan fingerprint density at radius 2 is 2.00 bits per heavy atom. The third kappa shape index (κ3) is 4.03. The first-order valence-electron chi connectivity index (χ1n) is 9.60. The molecule has 2 aromatic carbocycles. The monoisotopic (exact) mass is 390 g/mol. The van der Waals surface area contributed by atoms with Crippen LogP contribution >= 0.6 is 0 Å². The molecule has 4 rings (SSSR count). The molecule has 2 amide bonds. The second kappa shape index (κ2) is 7.87. The minimum absolute atomic E-state index is 0.116. The molecule has 0 spiro atoms. The molecule has 1 saturated heterocycles. The molecule has 148 valence electrons. The van der Waals surface area contributed by atoms with Gasteiger partial charge in [0.25, 0.3) is 5.91 Å². The molecule has 0 radical (unpaired) electrons. The molecular formula is C22H22N4O3. The molecule has 7 heteroatoms. The molecule has 1 aliphatic heterocycles. The molecule has 1 N–H and O–H groups in total. The number of aryl methyl sites for hydroxylation is 1. The van der Waals surface area contributed by atoms with Crippen LogP contribution in [0.5, 0.6) is 0 Å². The first-order chi connectivity index (χ1) is 14.0. The van der Waals surface area contributed by atoms with Gasteiger partial charge in [-0.1, -0.05) is 35.0 Å². The van der Waals surface area contributed by atoms with Gasteiger partial charge in [-0.2, -0.15) is 4.98 Å². The Morgan fingerprint density at radius 1 is 1.17 bits per heavy atom. The number of carbonyl (C=O) groups is 2. The van der Waals surface area contributed by atoms with Crippen LogP contribution in [0.4, 0.5) is 5.69 Å². The zero-order valence-corrected chi connectivity index (χ0v) is 16.4. The van der Waals surface area contributed by atoms with Crippen molar-refractivity contribution in [3.8, 4) is 11.4 Å². The second-order valence-electron chi connectivity index (χ2n) is 7.24. The van der Waals surface area contributed by atoms with E-state index in [0.29, 0.717) is 29.5 Å². The van der Waals surface area contributed by atoms with Gasteiger partial charge in [0.15, 0.2) is 0 Å². The Morgan fingerprint density at radius 3 is 2.79 bits per heavy atom. The minimum atomic E-state index is -0.252. The van der Waals surface area contributed by atoms with Crippen LogP contribution in [0.1, 0.15) is 47.6 Å². The topological polar surface area (TPSA) is 88.3 Å². The molecule has 1 aliphatic rings. The fourth-order valence-corrected chi connectivity index (χ4v) is 3.64. The van der Waals surface area contributed by atoms with E-state index in [4.69, 9.17) is 4.52 Å². The van der Waals surface area contributed by atoms with Crippen LogP contribution in [0.15, 0.2) is 53.1 Å². The van der Waals surface area contributed by atoms with Crippen molar-refractivity contribution in [2.75, 3.05) is 11.9 Å². The average molecular weight is 390 g/mol. The number of nitrogens with zero attached hydrogens (tertiary/aromatic N) is 3.